The van der Waals surface area contributed by atoms with E-state index in [9.17, 15) is 4.79 Å². The number of pyridine rings is 1. The van der Waals surface area contributed by atoms with Crippen molar-refractivity contribution in [1.29, 1.82) is 0 Å². The van der Waals surface area contributed by atoms with Crippen LogP contribution in [0.3, 0.4) is 0 Å². The molecule has 1 amide bonds. The van der Waals surface area contributed by atoms with Crippen LogP contribution in [0, 0.1) is 5.92 Å². The lowest BCUT2D eigenvalue weighted by Crippen LogP contribution is -2.49. The van der Waals surface area contributed by atoms with Gasteiger partial charge in [0, 0.05) is 25.8 Å². The first-order valence-electron chi connectivity index (χ1n) is 9.25. The van der Waals surface area contributed by atoms with Crippen LogP contribution in [0.2, 0.25) is 0 Å². The summed E-state index contributed by atoms with van der Waals surface area (Å²) in [5.41, 5.74) is 0.917. The second kappa shape index (κ2) is 6.81. The summed E-state index contributed by atoms with van der Waals surface area (Å²) in [5, 5.41) is 0. The van der Waals surface area contributed by atoms with E-state index in [0.717, 1.165) is 24.7 Å². The Morgan fingerprint density at radius 2 is 2.25 bits per heavy atom. The number of nitrogens with zero attached hydrogens (tertiary/aromatic N) is 3. The van der Waals surface area contributed by atoms with Crippen molar-refractivity contribution in [2.24, 2.45) is 5.92 Å². The molecule has 1 aliphatic carbocycles. The Balaban J connectivity index is 1.33. The van der Waals surface area contributed by atoms with Gasteiger partial charge in [-0.1, -0.05) is 12.5 Å². The summed E-state index contributed by atoms with van der Waals surface area (Å²) < 4.78 is 6.18. The third-order valence-corrected chi connectivity index (χ3v) is 5.95. The van der Waals surface area contributed by atoms with E-state index >= 15 is 0 Å². The van der Waals surface area contributed by atoms with Gasteiger partial charge < -0.3 is 9.64 Å². The lowest BCUT2D eigenvalue weighted by molar-refractivity contribution is -0.143. The Morgan fingerprint density at radius 1 is 1.38 bits per heavy atom. The highest BCUT2D eigenvalue weighted by atomic mass is 16.5. The molecule has 2 aliphatic heterocycles. The van der Waals surface area contributed by atoms with Gasteiger partial charge in [0.25, 0.3) is 5.91 Å². The lowest BCUT2D eigenvalue weighted by atomic mass is 9.86. The van der Waals surface area contributed by atoms with E-state index in [1.807, 2.05) is 25.2 Å². The van der Waals surface area contributed by atoms with E-state index in [1.54, 1.807) is 11.1 Å². The summed E-state index contributed by atoms with van der Waals surface area (Å²) in [6.45, 7) is 2.74. The van der Waals surface area contributed by atoms with Crippen LogP contribution in [-0.2, 0) is 16.1 Å². The largest absolute Gasteiger partial charge is 0.364 e. The van der Waals surface area contributed by atoms with Crippen LogP contribution in [0.15, 0.2) is 24.4 Å². The molecule has 130 valence electrons. The summed E-state index contributed by atoms with van der Waals surface area (Å²) in [5.74, 6) is 0.656. The third kappa shape index (κ3) is 3.20. The minimum absolute atomic E-state index is 0.102. The van der Waals surface area contributed by atoms with Crippen molar-refractivity contribution in [3.05, 3.63) is 30.1 Å². The molecule has 2 saturated heterocycles. The molecule has 5 heteroatoms. The maximum absolute atomic E-state index is 12.7. The summed E-state index contributed by atoms with van der Waals surface area (Å²) in [6, 6.07) is 6.58. The monoisotopic (exact) mass is 329 g/mol. The number of ether oxygens (including phenoxy) is 1. The van der Waals surface area contributed by atoms with Gasteiger partial charge in [0.05, 0.1) is 18.3 Å². The van der Waals surface area contributed by atoms with E-state index in [4.69, 9.17) is 4.74 Å². The van der Waals surface area contributed by atoms with Gasteiger partial charge in [0.15, 0.2) is 0 Å². The molecule has 0 unspecified atom stereocenters. The Hall–Kier alpha value is -1.46. The standard InChI is InChI=1S/C19H27N3O2/c1-21(12-15-5-2-3-9-20-15)19(23)17-11-14-8-10-22(13-18(14)24-17)16-6-4-7-16/h2-3,5,9,14,16-18H,4,6-8,10-13H2,1H3/t14-,17+,18+/m0/s1. The lowest BCUT2D eigenvalue weighted by Gasteiger charge is -2.43. The van der Waals surface area contributed by atoms with Crippen LogP contribution in [-0.4, -0.2) is 59.1 Å². The van der Waals surface area contributed by atoms with Gasteiger partial charge in [-0.25, -0.2) is 0 Å². The number of carbonyl (C=O) groups excluding carboxylic acids is 1. The van der Waals surface area contributed by atoms with Crippen LogP contribution < -0.4 is 0 Å². The number of hydrogen-bond acceptors (Lipinski definition) is 4. The van der Waals surface area contributed by atoms with Crippen molar-refractivity contribution in [1.82, 2.24) is 14.8 Å². The van der Waals surface area contributed by atoms with Gasteiger partial charge >= 0.3 is 0 Å². The van der Waals surface area contributed by atoms with Gasteiger partial charge in [-0.2, -0.15) is 0 Å². The molecule has 1 saturated carbocycles. The molecular weight excluding hydrogens is 302 g/mol. The van der Waals surface area contributed by atoms with Crippen molar-refractivity contribution in [2.45, 2.75) is 56.9 Å². The minimum Gasteiger partial charge on any atom is -0.364 e. The summed E-state index contributed by atoms with van der Waals surface area (Å²) in [4.78, 5) is 21.4. The van der Waals surface area contributed by atoms with Gasteiger partial charge in [-0.15, -0.1) is 0 Å². The second-order valence-corrected chi connectivity index (χ2v) is 7.54. The van der Waals surface area contributed by atoms with Crippen molar-refractivity contribution < 1.29 is 9.53 Å². The molecule has 0 aromatic carbocycles. The first kappa shape index (κ1) is 16.0. The molecular formula is C19H27N3O2. The fourth-order valence-electron chi connectivity index (χ4n) is 4.26. The van der Waals surface area contributed by atoms with Gasteiger partial charge in [-0.05, 0) is 50.3 Å². The molecule has 4 rings (SSSR count). The zero-order chi connectivity index (χ0) is 16.5. The number of likely N-dealkylation sites (tertiary alicyclic amines) is 1. The zero-order valence-corrected chi connectivity index (χ0v) is 14.4. The first-order chi connectivity index (χ1) is 11.7. The number of piperidine rings is 1. The molecule has 24 heavy (non-hydrogen) atoms. The molecule has 3 atom stereocenters. The maximum Gasteiger partial charge on any atom is 0.251 e. The predicted molar refractivity (Wildman–Crippen MR) is 91.3 cm³/mol. The summed E-state index contributed by atoms with van der Waals surface area (Å²) in [6.07, 6.45) is 7.85. The molecule has 1 aromatic rings. The number of hydrogen-bond donors (Lipinski definition) is 0. The highest BCUT2D eigenvalue weighted by Gasteiger charge is 2.44. The molecule has 0 spiro atoms. The number of rotatable bonds is 4. The molecule has 3 heterocycles. The van der Waals surface area contributed by atoms with Crippen molar-refractivity contribution in [3.8, 4) is 0 Å². The van der Waals surface area contributed by atoms with Crippen LogP contribution in [0.5, 0.6) is 0 Å². The smallest absolute Gasteiger partial charge is 0.251 e. The number of aromatic nitrogens is 1. The fourth-order valence-corrected chi connectivity index (χ4v) is 4.26. The topological polar surface area (TPSA) is 45.7 Å². The average Bonchev–Trinajstić information content (AvgIpc) is 2.96. The molecule has 5 nitrogen and oxygen atoms in total. The van der Waals surface area contributed by atoms with E-state index in [0.29, 0.717) is 12.5 Å². The average molecular weight is 329 g/mol. The highest BCUT2D eigenvalue weighted by Crippen LogP contribution is 2.37. The van der Waals surface area contributed by atoms with Gasteiger partial charge in [0.1, 0.15) is 6.10 Å². The minimum atomic E-state index is -0.268. The Labute approximate surface area is 144 Å². The fraction of sp³-hybridized carbons (Fsp3) is 0.684. The van der Waals surface area contributed by atoms with Crippen molar-refractivity contribution >= 4 is 5.91 Å². The Morgan fingerprint density at radius 3 is 2.96 bits per heavy atom. The van der Waals surface area contributed by atoms with E-state index in [1.165, 1.54) is 32.2 Å². The quantitative estimate of drug-likeness (QED) is 0.848. The van der Waals surface area contributed by atoms with Crippen molar-refractivity contribution in [2.75, 3.05) is 20.1 Å². The van der Waals surface area contributed by atoms with E-state index in [-0.39, 0.29) is 18.1 Å². The molecule has 3 fully saturated rings. The molecule has 0 radical (unpaired) electrons. The Kier molecular flexibility index (Phi) is 4.55. The summed E-state index contributed by atoms with van der Waals surface area (Å²) in [7, 11) is 1.85. The number of amides is 1. The predicted octanol–water partition coefficient (Wildman–Crippen LogP) is 2.07. The van der Waals surface area contributed by atoms with Gasteiger partial charge in [-0.3, -0.25) is 14.7 Å². The number of likely N-dealkylation sites (N-methyl/N-ethyl adjacent to an activating group) is 1. The van der Waals surface area contributed by atoms with Crippen LogP contribution in [0.4, 0.5) is 0 Å². The SMILES string of the molecule is CN(Cc1ccccn1)C(=O)[C@H]1C[C@@H]2CCN(C3CCC3)C[C@H]2O1. The van der Waals surface area contributed by atoms with E-state index in [2.05, 4.69) is 9.88 Å². The molecule has 0 bridgehead atoms. The Bertz CT molecular complexity index is 575. The van der Waals surface area contributed by atoms with Crippen molar-refractivity contribution in [3.63, 3.8) is 0 Å². The van der Waals surface area contributed by atoms with Crippen LogP contribution in [0.25, 0.3) is 0 Å². The van der Waals surface area contributed by atoms with Gasteiger partial charge in [0.2, 0.25) is 0 Å². The maximum atomic E-state index is 12.7. The normalized spacial score (nSPS) is 30.6. The molecule has 0 N–H and O–H groups in total. The van der Waals surface area contributed by atoms with E-state index < -0.39 is 0 Å². The molecule has 3 aliphatic rings. The summed E-state index contributed by atoms with van der Waals surface area (Å²) >= 11 is 0. The van der Waals surface area contributed by atoms with Crippen LogP contribution >= 0.6 is 0 Å². The van der Waals surface area contributed by atoms with Crippen LogP contribution in [0.1, 0.15) is 37.8 Å². The number of carbonyl (C=O) groups is 1. The number of fused-ring (bicyclic) bond motifs is 1. The third-order valence-electron chi connectivity index (χ3n) is 5.95. The zero-order valence-electron chi connectivity index (χ0n) is 14.4. The highest BCUT2D eigenvalue weighted by molar-refractivity contribution is 5.81. The first-order valence-corrected chi connectivity index (χ1v) is 9.25. The second-order valence-electron chi connectivity index (χ2n) is 7.54. The molecule has 1 aromatic heterocycles.